The highest BCUT2D eigenvalue weighted by Crippen LogP contribution is 2.20. The van der Waals surface area contributed by atoms with Gasteiger partial charge in [0.15, 0.2) is 9.84 Å². The highest BCUT2D eigenvalue weighted by Gasteiger charge is 2.33. The van der Waals surface area contributed by atoms with E-state index in [1.165, 1.54) is 4.90 Å². The van der Waals surface area contributed by atoms with Gasteiger partial charge in [-0.2, -0.15) is 0 Å². The Balaban J connectivity index is 1.74. The number of nitrogens with zero attached hydrogens (tertiary/aromatic N) is 3. The number of amides is 1. The van der Waals surface area contributed by atoms with Gasteiger partial charge in [-0.15, -0.1) is 0 Å². The van der Waals surface area contributed by atoms with Gasteiger partial charge in [-0.3, -0.25) is 4.79 Å². The molecule has 126 valence electrons. The molecule has 0 saturated carbocycles. The van der Waals surface area contributed by atoms with E-state index in [1.807, 2.05) is 6.07 Å². The summed E-state index contributed by atoms with van der Waals surface area (Å²) < 4.78 is 23.2. The maximum Gasteiger partial charge on any atom is 0.253 e. The molecule has 1 saturated heterocycles. The van der Waals surface area contributed by atoms with Gasteiger partial charge in [0, 0.05) is 36.7 Å². The fourth-order valence-corrected chi connectivity index (χ4v) is 4.45. The van der Waals surface area contributed by atoms with Gasteiger partial charge in [0.2, 0.25) is 5.95 Å². The largest absolute Gasteiger partial charge is 0.338 e. The van der Waals surface area contributed by atoms with Crippen molar-refractivity contribution in [2.75, 3.05) is 23.9 Å². The molecule has 1 aliphatic heterocycles. The Kier molecular flexibility index (Phi) is 4.48. The van der Waals surface area contributed by atoms with Crippen molar-refractivity contribution in [1.29, 1.82) is 0 Å². The fourth-order valence-electron chi connectivity index (χ4n) is 2.67. The summed E-state index contributed by atoms with van der Waals surface area (Å²) in [4.78, 5) is 22.3. The lowest BCUT2D eigenvalue weighted by atomic mass is 10.1. The summed E-state index contributed by atoms with van der Waals surface area (Å²) in [5.41, 5.74) is 1.18. The van der Waals surface area contributed by atoms with Crippen molar-refractivity contribution in [1.82, 2.24) is 14.9 Å². The number of anilines is 2. The van der Waals surface area contributed by atoms with Crippen LogP contribution in [0.15, 0.2) is 42.7 Å². The first kappa shape index (κ1) is 16.4. The number of sulfone groups is 1. The Hall–Kier alpha value is -2.48. The van der Waals surface area contributed by atoms with Crippen molar-refractivity contribution < 1.29 is 13.2 Å². The van der Waals surface area contributed by atoms with E-state index in [0.717, 1.165) is 0 Å². The average molecular weight is 346 g/mol. The van der Waals surface area contributed by atoms with Crippen LogP contribution in [0.4, 0.5) is 11.6 Å². The molecule has 0 radical (unpaired) electrons. The Morgan fingerprint density at radius 3 is 2.67 bits per heavy atom. The standard InChI is InChI=1S/C16H18N4O3S/c1-20(14-6-9-24(22,23)11-14)15(21)12-4-2-5-13(10-12)19-16-17-7-3-8-18-16/h2-5,7-8,10,14H,6,9,11H2,1H3,(H,17,18,19). The highest BCUT2D eigenvalue weighted by molar-refractivity contribution is 7.91. The summed E-state index contributed by atoms with van der Waals surface area (Å²) in [5.74, 6) is 0.417. The van der Waals surface area contributed by atoms with Crippen LogP contribution in [0.5, 0.6) is 0 Å². The number of nitrogens with one attached hydrogen (secondary N) is 1. The van der Waals surface area contributed by atoms with Crippen LogP contribution in [0.1, 0.15) is 16.8 Å². The van der Waals surface area contributed by atoms with Gasteiger partial charge < -0.3 is 10.2 Å². The first-order valence-electron chi connectivity index (χ1n) is 7.56. The molecule has 2 aromatic rings. The minimum absolute atomic E-state index is 0.0328. The molecule has 1 amide bonds. The molecule has 3 rings (SSSR count). The van der Waals surface area contributed by atoms with E-state index < -0.39 is 9.84 Å². The SMILES string of the molecule is CN(C(=O)c1cccc(Nc2ncccn2)c1)C1CCS(=O)(=O)C1. The van der Waals surface area contributed by atoms with Crippen LogP contribution in [-0.4, -0.2) is 53.8 Å². The monoisotopic (exact) mass is 346 g/mol. The van der Waals surface area contributed by atoms with Crippen LogP contribution in [0.25, 0.3) is 0 Å². The van der Waals surface area contributed by atoms with Gasteiger partial charge in [0.25, 0.3) is 5.91 Å². The van der Waals surface area contributed by atoms with Gasteiger partial charge >= 0.3 is 0 Å². The Morgan fingerprint density at radius 2 is 2.00 bits per heavy atom. The maximum atomic E-state index is 12.6. The Bertz CT molecular complexity index is 839. The van der Waals surface area contributed by atoms with Crippen LogP contribution in [0, 0.1) is 0 Å². The van der Waals surface area contributed by atoms with Gasteiger partial charge in [0.05, 0.1) is 11.5 Å². The van der Waals surface area contributed by atoms with E-state index in [9.17, 15) is 13.2 Å². The second-order valence-corrected chi connectivity index (χ2v) is 7.98. The number of hydrogen-bond acceptors (Lipinski definition) is 6. The first-order chi connectivity index (χ1) is 11.4. The van der Waals surface area contributed by atoms with Crippen molar-refractivity contribution in [3.05, 3.63) is 48.3 Å². The molecule has 0 spiro atoms. The summed E-state index contributed by atoms with van der Waals surface area (Å²) in [6.45, 7) is 0. The van der Waals surface area contributed by atoms with Crippen molar-refractivity contribution in [3.8, 4) is 0 Å². The molecule has 8 heteroatoms. The molecule has 1 fully saturated rings. The zero-order valence-electron chi connectivity index (χ0n) is 13.2. The smallest absolute Gasteiger partial charge is 0.253 e. The number of carbonyl (C=O) groups excluding carboxylic acids is 1. The summed E-state index contributed by atoms with van der Waals surface area (Å²) >= 11 is 0. The third kappa shape index (κ3) is 3.70. The number of carbonyl (C=O) groups is 1. The highest BCUT2D eigenvalue weighted by atomic mass is 32.2. The van der Waals surface area contributed by atoms with E-state index >= 15 is 0 Å². The average Bonchev–Trinajstić information content (AvgIpc) is 2.95. The van der Waals surface area contributed by atoms with Crippen LogP contribution in [0.2, 0.25) is 0 Å². The molecule has 1 aromatic heterocycles. The topological polar surface area (TPSA) is 92.3 Å². The lowest BCUT2D eigenvalue weighted by molar-refractivity contribution is 0.0747. The summed E-state index contributed by atoms with van der Waals surface area (Å²) in [5, 5.41) is 3.03. The molecule has 1 N–H and O–H groups in total. The van der Waals surface area contributed by atoms with E-state index in [1.54, 1.807) is 43.7 Å². The molecule has 0 bridgehead atoms. The summed E-state index contributed by atoms with van der Waals surface area (Å²) in [7, 11) is -1.38. The minimum atomic E-state index is -3.03. The zero-order valence-corrected chi connectivity index (χ0v) is 14.0. The lowest BCUT2D eigenvalue weighted by Crippen LogP contribution is -2.37. The molecule has 1 aromatic carbocycles. The first-order valence-corrected chi connectivity index (χ1v) is 9.38. The fraction of sp³-hybridized carbons (Fsp3) is 0.312. The third-order valence-corrected chi connectivity index (χ3v) is 5.76. The van der Waals surface area contributed by atoms with Crippen molar-refractivity contribution in [2.24, 2.45) is 0 Å². The van der Waals surface area contributed by atoms with E-state index in [4.69, 9.17) is 0 Å². The molecular formula is C16H18N4O3S. The minimum Gasteiger partial charge on any atom is -0.338 e. The molecule has 0 aliphatic carbocycles. The number of benzene rings is 1. The molecule has 1 unspecified atom stereocenters. The summed E-state index contributed by atoms with van der Waals surface area (Å²) in [6, 6.07) is 8.44. The van der Waals surface area contributed by atoms with Crippen molar-refractivity contribution in [2.45, 2.75) is 12.5 Å². The number of hydrogen-bond donors (Lipinski definition) is 1. The summed E-state index contributed by atoms with van der Waals surface area (Å²) in [6.07, 6.45) is 3.73. The van der Waals surface area contributed by atoms with Gasteiger partial charge in [-0.25, -0.2) is 18.4 Å². The predicted molar refractivity (Wildman–Crippen MR) is 90.9 cm³/mol. The van der Waals surface area contributed by atoms with Crippen LogP contribution in [-0.2, 0) is 9.84 Å². The Labute approximate surface area is 140 Å². The normalized spacial score (nSPS) is 19.0. The van der Waals surface area contributed by atoms with Gasteiger partial charge in [0.1, 0.15) is 0 Å². The molecule has 2 heterocycles. The van der Waals surface area contributed by atoms with E-state index in [2.05, 4.69) is 15.3 Å². The van der Waals surface area contributed by atoms with Crippen LogP contribution >= 0.6 is 0 Å². The van der Waals surface area contributed by atoms with Gasteiger partial charge in [-0.1, -0.05) is 6.07 Å². The number of aromatic nitrogens is 2. The molecule has 24 heavy (non-hydrogen) atoms. The Morgan fingerprint density at radius 1 is 1.25 bits per heavy atom. The molecule has 1 aliphatic rings. The van der Waals surface area contributed by atoms with E-state index in [0.29, 0.717) is 23.6 Å². The van der Waals surface area contributed by atoms with Crippen LogP contribution < -0.4 is 5.32 Å². The molecular weight excluding hydrogens is 328 g/mol. The zero-order chi connectivity index (χ0) is 17.2. The molecule has 7 nitrogen and oxygen atoms in total. The second kappa shape index (κ2) is 6.56. The van der Waals surface area contributed by atoms with Crippen molar-refractivity contribution in [3.63, 3.8) is 0 Å². The van der Waals surface area contributed by atoms with E-state index in [-0.39, 0.29) is 23.5 Å². The lowest BCUT2D eigenvalue weighted by Gasteiger charge is -2.23. The predicted octanol–water partition coefficient (Wildman–Crippen LogP) is 1.48. The number of rotatable bonds is 4. The quantitative estimate of drug-likeness (QED) is 0.901. The maximum absolute atomic E-state index is 12.6. The molecule has 1 atom stereocenters. The second-order valence-electron chi connectivity index (χ2n) is 5.75. The third-order valence-electron chi connectivity index (χ3n) is 4.01. The van der Waals surface area contributed by atoms with Gasteiger partial charge in [-0.05, 0) is 30.7 Å². The van der Waals surface area contributed by atoms with Crippen LogP contribution in [0.3, 0.4) is 0 Å². The van der Waals surface area contributed by atoms with Crippen molar-refractivity contribution >= 4 is 27.4 Å².